The minimum absolute atomic E-state index is 0.460. The fraction of sp³-hybridized carbons (Fsp3) is 0.692. The highest BCUT2D eigenvalue weighted by Crippen LogP contribution is 2.34. The van der Waals surface area contributed by atoms with Crippen molar-refractivity contribution in [2.24, 2.45) is 0 Å². The summed E-state index contributed by atoms with van der Waals surface area (Å²) in [7, 11) is 0. The first-order valence-electron chi connectivity index (χ1n) is 6.37. The first-order chi connectivity index (χ1) is 8.27. The molecule has 0 aromatic carbocycles. The van der Waals surface area contributed by atoms with Crippen molar-refractivity contribution in [1.29, 1.82) is 0 Å². The van der Waals surface area contributed by atoms with Crippen LogP contribution < -0.4 is 5.32 Å². The zero-order valence-electron chi connectivity index (χ0n) is 9.95. The molecule has 1 fully saturated rings. The summed E-state index contributed by atoms with van der Waals surface area (Å²) in [5.74, 6) is 2.00. The lowest BCUT2D eigenvalue weighted by atomic mass is 9.93. The Balaban J connectivity index is 1.63. The van der Waals surface area contributed by atoms with Crippen LogP contribution in [0, 0.1) is 0 Å². The summed E-state index contributed by atoms with van der Waals surface area (Å²) in [4.78, 5) is 1.54. The molecule has 4 heteroatoms. The van der Waals surface area contributed by atoms with Gasteiger partial charge >= 0.3 is 0 Å². The van der Waals surface area contributed by atoms with E-state index in [0.29, 0.717) is 6.04 Å². The molecule has 2 nitrogen and oxygen atoms in total. The van der Waals surface area contributed by atoms with Crippen LogP contribution in [0.4, 0.5) is 0 Å². The predicted molar refractivity (Wildman–Crippen MR) is 74.9 cm³/mol. The van der Waals surface area contributed by atoms with E-state index in [0.717, 1.165) is 24.5 Å². The summed E-state index contributed by atoms with van der Waals surface area (Å²) in [6, 6.07) is 2.73. The number of nitrogens with one attached hydrogen (secondary N) is 1. The molecule has 1 aliphatic carbocycles. The average Bonchev–Trinajstić information content (AvgIpc) is 2.95. The van der Waals surface area contributed by atoms with Crippen molar-refractivity contribution in [3.8, 4) is 0 Å². The standard InChI is InChI=1S/C13H19NOS2/c15-13(5-7-16-9-13)8-14-11-2-1-3-12-10(11)4-6-17-12/h4,6,11,14-15H,1-3,5,7-9H2. The van der Waals surface area contributed by atoms with Gasteiger partial charge in [-0.25, -0.2) is 0 Å². The van der Waals surface area contributed by atoms with E-state index in [1.165, 1.54) is 24.8 Å². The molecule has 3 rings (SSSR count). The van der Waals surface area contributed by atoms with Crippen LogP contribution in [0.25, 0.3) is 0 Å². The van der Waals surface area contributed by atoms with Gasteiger partial charge in [-0.2, -0.15) is 11.8 Å². The second-order valence-electron chi connectivity index (χ2n) is 5.15. The quantitative estimate of drug-likeness (QED) is 0.884. The lowest BCUT2D eigenvalue weighted by Gasteiger charge is -2.28. The topological polar surface area (TPSA) is 32.3 Å². The summed E-state index contributed by atoms with van der Waals surface area (Å²) in [5.41, 5.74) is 1.02. The average molecular weight is 269 g/mol. The van der Waals surface area contributed by atoms with Crippen molar-refractivity contribution in [3.05, 3.63) is 21.9 Å². The molecule has 1 aromatic rings. The Morgan fingerprint density at radius 3 is 3.29 bits per heavy atom. The Bertz CT molecular complexity index is 385. The number of fused-ring (bicyclic) bond motifs is 1. The molecule has 0 amide bonds. The van der Waals surface area contributed by atoms with Gasteiger partial charge < -0.3 is 10.4 Å². The lowest BCUT2D eigenvalue weighted by Crippen LogP contribution is -2.42. The molecule has 94 valence electrons. The van der Waals surface area contributed by atoms with E-state index in [9.17, 15) is 5.11 Å². The first kappa shape index (κ1) is 12.0. The smallest absolute Gasteiger partial charge is 0.0869 e. The summed E-state index contributed by atoms with van der Waals surface area (Å²) in [5, 5.41) is 16.1. The molecule has 0 bridgehead atoms. The molecule has 2 aliphatic rings. The zero-order chi connectivity index (χ0) is 11.7. The maximum absolute atomic E-state index is 10.3. The summed E-state index contributed by atoms with van der Waals surface area (Å²) >= 11 is 3.75. The van der Waals surface area contributed by atoms with Crippen molar-refractivity contribution in [3.63, 3.8) is 0 Å². The third-order valence-electron chi connectivity index (χ3n) is 3.81. The van der Waals surface area contributed by atoms with Crippen LogP contribution in [0.2, 0.25) is 0 Å². The Kier molecular flexibility index (Phi) is 3.48. The molecular weight excluding hydrogens is 250 g/mol. The molecule has 1 aliphatic heterocycles. The monoisotopic (exact) mass is 269 g/mol. The molecule has 0 spiro atoms. The Labute approximate surface area is 111 Å². The van der Waals surface area contributed by atoms with Crippen LogP contribution in [-0.4, -0.2) is 28.8 Å². The Morgan fingerprint density at radius 1 is 1.53 bits per heavy atom. The molecule has 0 saturated carbocycles. The zero-order valence-corrected chi connectivity index (χ0v) is 11.6. The molecule has 2 N–H and O–H groups in total. The number of hydrogen-bond acceptors (Lipinski definition) is 4. The third kappa shape index (κ3) is 2.55. The van der Waals surface area contributed by atoms with Gasteiger partial charge in [0.1, 0.15) is 0 Å². The van der Waals surface area contributed by atoms with Gasteiger partial charge in [0.25, 0.3) is 0 Å². The van der Waals surface area contributed by atoms with E-state index < -0.39 is 5.60 Å². The van der Waals surface area contributed by atoms with E-state index in [2.05, 4.69) is 16.8 Å². The first-order valence-corrected chi connectivity index (χ1v) is 8.40. The highest BCUT2D eigenvalue weighted by Gasteiger charge is 2.32. The highest BCUT2D eigenvalue weighted by atomic mass is 32.2. The summed E-state index contributed by atoms with van der Waals surface area (Å²) in [6.45, 7) is 0.750. The fourth-order valence-corrected chi connectivity index (χ4v) is 5.03. The van der Waals surface area contributed by atoms with Crippen molar-refractivity contribution in [1.82, 2.24) is 5.32 Å². The van der Waals surface area contributed by atoms with Gasteiger partial charge in [-0.05, 0) is 48.4 Å². The molecule has 2 heterocycles. The van der Waals surface area contributed by atoms with Gasteiger partial charge in [-0.1, -0.05) is 0 Å². The van der Waals surface area contributed by atoms with E-state index in [1.54, 1.807) is 4.88 Å². The van der Waals surface area contributed by atoms with Gasteiger partial charge in [0.2, 0.25) is 0 Å². The van der Waals surface area contributed by atoms with Gasteiger partial charge in [0, 0.05) is 23.2 Å². The fourth-order valence-electron chi connectivity index (χ4n) is 2.75. The molecule has 2 unspecified atom stereocenters. The maximum Gasteiger partial charge on any atom is 0.0869 e. The Morgan fingerprint density at radius 2 is 2.47 bits per heavy atom. The molecule has 1 aromatic heterocycles. The van der Waals surface area contributed by atoms with Crippen LogP contribution in [0.1, 0.15) is 35.7 Å². The largest absolute Gasteiger partial charge is 0.388 e. The number of aryl methyl sites for hydroxylation is 1. The SMILES string of the molecule is OC1(CNC2CCCc3sccc32)CCSC1. The van der Waals surface area contributed by atoms with Crippen molar-refractivity contribution >= 4 is 23.1 Å². The number of aliphatic hydroxyl groups is 1. The summed E-state index contributed by atoms with van der Waals surface area (Å²) in [6.07, 6.45) is 4.67. The minimum atomic E-state index is -0.460. The van der Waals surface area contributed by atoms with Crippen LogP contribution in [-0.2, 0) is 6.42 Å². The van der Waals surface area contributed by atoms with E-state index >= 15 is 0 Å². The minimum Gasteiger partial charge on any atom is -0.388 e. The predicted octanol–water partition coefficient (Wildman–Crippen LogP) is 2.58. The van der Waals surface area contributed by atoms with Crippen LogP contribution in [0.3, 0.4) is 0 Å². The maximum atomic E-state index is 10.3. The number of thioether (sulfide) groups is 1. The Hall–Kier alpha value is -0.0300. The van der Waals surface area contributed by atoms with Crippen molar-refractivity contribution in [2.75, 3.05) is 18.1 Å². The van der Waals surface area contributed by atoms with E-state index in [1.807, 2.05) is 23.1 Å². The normalized spacial score (nSPS) is 32.6. The van der Waals surface area contributed by atoms with Gasteiger partial charge in [0.05, 0.1) is 5.60 Å². The second kappa shape index (κ2) is 4.92. The third-order valence-corrected chi connectivity index (χ3v) is 6.04. The molecule has 2 atom stereocenters. The lowest BCUT2D eigenvalue weighted by molar-refractivity contribution is 0.0638. The number of thiophene rings is 1. The number of hydrogen-bond donors (Lipinski definition) is 2. The molecule has 0 radical (unpaired) electrons. The summed E-state index contributed by atoms with van der Waals surface area (Å²) < 4.78 is 0. The molecule has 17 heavy (non-hydrogen) atoms. The van der Waals surface area contributed by atoms with Crippen LogP contribution >= 0.6 is 23.1 Å². The van der Waals surface area contributed by atoms with Gasteiger partial charge in [-0.15, -0.1) is 11.3 Å². The van der Waals surface area contributed by atoms with Gasteiger partial charge in [-0.3, -0.25) is 0 Å². The van der Waals surface area contributed by atoms with Crippen molar-refractivity contribution in [2.45, 2.75) is 37.3 Å². The molecule has 1 saturated heterocycles. The van der Waals surface area contributed by atoms with Gasteiger partial charge in [0.15, 0.2) is 0 Å². The van der Waals surface area contributed by atoms with Crippen LogP contribution in [0.5, 0.6) is 0 Å². The van der Waals surface area contributed by atoms with Crippen LogP contribution in [0.15, 0.2) is 11.4 Å². The second-order valence-corrected chi connectivity index (χ2v) is 7.26. The van der Waals surface area contributed by atoms with Crippen molar-refractivity contribution < 1.29 is 5.11 Å². The highest BCUT2D eigenvalue weighted by molar-refractivity contribution is 7.99. The number of rotatable bonds is 3. The van der Waals surface area contributed by atoms with E-state index in [-0.39, 0.29) is 0 Å². The van der Waals surface area contributed by atoms with E-state index in [4.69, 9.17) is 0 Å². The molecular formula is C13H19NOS2.